The second-order valence-electron chi connectivity index (χ2n) is 5.07. The molecule has 0 fully saturated rings. The van der Waals surface area contributed by atoms with Crippen molar-refractivity contribution in [2.45, 2.75) is 52.2 Å². The van der Waals surface area contributed by atoms with E-state index in [4.69, 9.17) is 9.47 Å². The predicted octanol–water partition coefficient (Wildman–Crippen LogP) is 2.70. The first kappa shape index (κ1) is 14.2. The quantitative estimate of drug-likeness (QED) is 0.521. The fraction of sp³-hybridized carbons (Fsp3) is 0.750. The first-order valence-corrected chi connectivity index (χ1v) is 5.04. The zero-order valence-corrected chi connectivity index (χ0v) is 10.6. The van der Waals surface area contributed by atoms with Crippen LogP contribution in [0.5, 0.6) is 0 Å². The van der Waals surface area contributed by atoms with Crippen LogP contribution in [-0.4, -0.2) is 24.3 Å². The minimum atomic E-state index is -0.546. The Hall–Kier alpha value is -0.830. The van der Waals surface area contributed by atoms with Crippen molar-refractivity contribution in [1.82, 2.24) is 0 Å². The lowest BCUT2D eigenvalue weighted by Gasteiger charge is -2.33. The van der Waals surface area contributed by atoms with Gasteiger partial charge in [-0.3, -0.25) is 0 Å². The van der Waals surface area contributed by atoms with Crippen LogP contribution in [0, 0.1) is 0 Å². The van der Waals surface area contributed by atoms with Crippen LogP contribution in [0.4, 0.5) is 0 Å². The third-order valence-corrected chi connectivity index (χ3v) is 2.12. The number of hydrogen-bond acceptors (Lipinski definition) is 3. The smallest absolute Gasteiger partial charge is 0.333 e. The molecule has 0 N–H and O–H groups in total. The summed E-state index contributed by atoms with van der Waals surface area (Å²) in [5, 5.41) is 0. The highest BCUT2D eigenvalue weighted by molar-refractivity contribution is 5.87. The van der Waals surface area contributed by atoms with Crippen LogP contribution in [0.2, 0.25) is 0 Å². The van der Waals surface area contributed by atoms with E-state index in [1.165, 1.54) is 0 Å². The van der Waals surface area contributed by atoms with Crippen LogP contribution in [-0.2, 0) is 14.3 Å². The van der Waals surface area contributed by atoms with Gasteiger partial charge >= 0.3 is 5.97 Å². The van der Waals surface area contributed by atoms with Gasteiger partial charge in [-0.1, -0.05) is 6.58 Å². The van der Waals surface area contributed by atoms with Gasteiger partial charge in [-0.2, -0.15) is 0 Å². The molecule has 0 unspecified atom stereocenters. The molecule has 0 heterocycles. The van der Waals surface area contributed by atoms with E-state index in [-0.39, 0.29) is 11.6 Å². The van der Waals surface area contributed by atoms with Gasteiger partial charge < -0.3 is 9.47 Å². The maximum atomic E-state index is 11.4. The Morgan fingerprint density at radius 1 is 1.20 bits per heavy atom. The highest BCUT2D eigenvalue weighted by Crippen LogP contribution is 2.26. The van der Waals surface area contributed by atoms with E-state index < -0.39 is 5.60 Å². The summed E-state index contributed by atoms with van der Waals surface area (Å²) in [5.41, 5.74) is -0.438. The normalized spacial score (nSPS) is 12.4. The summed E-state index contributed by atoms with van der Waals surface area (Å²) in [4.78, 5) is 11.4. The van der Waals surface area contributed by atoms with Crippen LogP contribution in [0.1, 0.15) is 41.0 Å². The van der Waals surface area contributed by atoms with Crippen LogP contribution >= 0.6 is 0 Å². The first-order chi connectivity index (χ1) is 6.59. The summed E-state index contributed by atoms with van der Waals surface area (Å²) in [6.07, 6.45) is 0.634. The molecule has 0 aliphatic heterocycles. The second kappa shape index (κ2) is 4.79. The van der Waals surface area contributed by atoms with E-state index in [0.29, 0.717) is 12.0 Å². The van der Waals surface area contributed by atoms with Crippen molar-refractivity contribution in [3.63, 3.8) is 0 Å². The van der Waals surface area contributed by atoms with Gasteiger partial charge in [0.25, 0.3) is 0 Å². The average molecular weight is 214 g/mol. The lowest BCUT2D eigenvalue weighted by molar-refractivity contribution is -0.157. The van der Waals surface area contributed by atoms with Crippen molar-refractivity contribution < 1.29 is 14.3 Å². The predicted molar refractivity (Wildman–Crippen MR) is 60.7 cm³/mol. The standard InChI is InChI=1S/C12H22O3/c1-9(2)10(13)15-12(5,6)8-11(3,4)14-7/h1,8H2,2-7H3. The molecule has 0 bridgehead atoms. The topological polar surface area (TPSA) is 35.5 Å². The van der Waals surface area contributed by atoms with E-state index in [1.54, 1.807) is 14.0 Å². The molecule has 3 heteroatoms. The largest absolute Gasteiger partial charge is 0.456 e. The van der Waals surface area contributed by atoms with E-state index in [0.717, 1.165) is 0 Å². The van der Waals surface area contributed by atoms with Crippen molar-refractivity contribution in [3.8, 4) is 0 Å². The molecule has 0 aromatic heterocycles. The minimum Gasteiger partial charge on any atom is -0.456 e. The number of methoxy groups -OCH3 is 1. The second-order valence-corrected chi connectivity index (χ2v) is 5.07. The zero-order chi connectivity index (χ0) is 12.3. The van der Waals surface area contributed by atoms with Gasteiger partial charge in [-0.25, -0.2) is 4.79 Å². The number of rotatable bonds is 5. The monoisotopic (exact) mass is 214 g/mol. The fourth-order valence-electron chi connectivity index (χ4n) is 1.47. The van der Waals surface area contributed by atoms with Crippen molar-refractivity contribution >= 4 is 5.97 Å². The Labute approximate surface area is 92.5 Å². The fourth-order valence-corrected chi connectivity index (χ4v) is 1.47. The minimum absolute atomic E-state index is 0.307. The van der Waals surface area contributed by atoms with Crippen LogP contribution in [0.25, 0.3) is 0 Å². The van der Waals surface area contributed by atoms with Gasteiger partial charge in [-0.15, -0.1) is 0 Å². The molecule has 0 saturated carbocycles. The maximum absolute atomic E-state index is 11.4. The number of hydrogen-bond donors (Lipinski definition) is 0. The van der Waals surface area contributed by atoms with Crippen LogP contribution in [0.3, 0.4) is 0 Å². The summed E-state index contributed by atoms with van der Waals surface area (Å²) in [6, 6.07) is 0. The Morgan fingerprint density at radius 2 is 1.67 bits per heavy atom. The van der Waals surface area contributed by atoms with Crippen molar-refractivity contribution in [1.29, 1.82) is 0 Å². The first-order valence-electron chi connectivity index (χ1n) is 5.04. The Kier molecular flexibility index (Phi) is 4.53. The van der Waals surface area contributed by atoms with Crippen molar-refractivity contribution in [3.05, 3.63) is 12.2 Å². The molecule has 15 heavy (non-hydrogen) atoms. The SMILES string of the molecule is C=C(C)C(=O)OC(C)(C)CC(C)(C)OC. The van der Waals surface area contributed by atoms with Gasteiger partial charge in [0.05, 0.1) is 5.60 Å². The summed E-state index contributed by atoms with van der Waals surface area (Å²) < 4.78 is 10.6. The average Bonchev–Trinajstić information content (AvgIpc) is 2.01. The van der Waals surface area contributed by atoms with E-state index >= 15 is 0 Å². The molecular formula is C12H22O3. The molecule has 0 aromatic carbocycles. The molecule has 0 aliphatic carbocycles. The van der Waals surface area contributed by atoms with E-state index in [1.807, 2.05) is 27.7 Å². The van der Waals surface area contributed by atoms with Gasteiger partial charge in [-0.05, 0) is 34.6 Å². The third-order valence-electron chi connectivity index (χ3n) is 2.12. The molecule has 0 radical (unpaired) electrons. The number of carbonyl (C=O) groups is 1. The van der Waals surface area contributed by atoms with Crippen LogP contribution in [0.15, 0.2) is 12.2 Å². The molecule has 88 valence electrons. The highest BCUT2D eigenvalue weighted by Gasteiger charge is 2.31. The third kappa shape index (κ3) is 5.57. The van der Waals surface area contributed by atoms with Gasteiger partial charge in [0.2, 0.25) is 0 Å². The van der Waals surface area contributed by atoms with Gasteiger partial charge in [0, 0.05) is 19.1 Å². The summed E-state index contributed by atoms with van der Waals surface area (Å²) in [7, 11) is 1.65. The van der Waals surface area contributed by atoms with Gasteiger partial charge in [0.1, 0.15) is 5.60 Å². The maximum Gasteiger partial charge on any atom is 0.333 e. The molecular weight excluding hydrogens is 192 g/mol. The lowest BCUT2D eigenvalue weighted by atomic mass is 9.92. The van der Waals surface area contributed by atoms with Gasteiger partial charge in [0.15, 0.2) is 0 Å². The molecule has 0 rings (SSSR count). The molecule has 0 aliphatic rings. The zero-order valence-electron chi connectivity index (χ0n) is 10.6. The number of carbonyl (C=O) groups excluding carboxylic acids is 1. The molecule has 0 amide bonds. The van der Waals surface area contributed by atoms with Crippen LogP contribution < -0.4 is 0 Å². The number of esters is 1. The molecule has 0 aromatic rings. The Balaban J connectivity index is 4.43. The Morgan fingerprint density at radius 3 is 2.00 bits per heavy atom. The highest BCUT2D eigenvalue weighted by atomic mass is 16.6. The van der Waals surface area contributed by atoms with E-state index in [2.05, 4.69) is 6.58 Å². The van der Waals surface area contributed by atoms with Crippen molar-refractivity contribution in [2.75, 3.05) is 7.11 Å². The molecule has 0 saturated heterocycles. The summed E-state index contributed by atoms with van der Waals surface area (Å²) in [6.45, 7) is 12.9. The number of ether oxygens (including phenoxy) is 2. The summed E-state index contributed by atoms with van der Waals surface area (Å²) in [5.74, 6) is -0.355. The lowest BCUT2D eigenvalue weighted by Crippen LogP contribution is -2.38. The summed E-state index contributed by atoms with van der Waals surface area (Å²) >= 11 is 0. The van der Waals surface area contributed by atoms with Crippen molar-refractivity contribution in [2.24, 2.45) is 0 Å². The van der Waals surface area contributed by atoms with E-state index in [9.17, 15) is 4.79 Å². The molecule has 0 spiro atoms. The molecule has 3 nitrogen and oxygen atoms in total. The molecule has 0 atom stereocenters. The Bertz CT molecular complexity index is 252.